The van der Waals surface area contributed by atoms with Crippen molar-refractivity contribution in [1.29, 1.82) is 0 Å². The highest BCUT2D eigenvalue weighted by atomic mass is 35.5. The molecule has 2 rings (SSSR count). The maximum absolute atomic E-state index is 9.43. The summed E-state index contributed by atoms with van der Waals surface area (Å²) in [5, 5.41) is 19.2. The predicted octanol–water partition coefficient (Wildman–Crippen LogP) is 3.20. The van der Waals surface area contributed by atoms with Gasteiger partial charge in [-0.25, -0.2) is 0 Å². The Bertz CT molecular complexity index is 525. The van der Waals surface area contributed by atoms with E-state index in [1.807, 2.05) is 18.2 Å². The van der Waals surface area contributed by atoms with Gasteiger partial charge in [-0.05, 0) is 42.0 Å². The molecule has 0 amide bonds. The summed E-state index contributed by atoms with van der Waals surface area (Å²) in [6.07, 6.45) is 0. The van der Waals surface area contributed by atoms with Gasteiger partial charge in [0.2, 0.25) is 0 Å². The van der Waals surface area contributed by atoms with E-state index in [2.05, 4.69) is 0 Å². The van der Waals surface area contributed by atoms with Gasteiger partial charge in [-0.15, -0.1) is 0 Å². The molecule has 4 heteroatoms. The molecule has 0 aliphatic carbocycles. The number of aliphatic hydroxyl groups is 1. The monoisotopic (exact) mass is 278 g/mol. The first-order chi connectivity index (χ1) is 9.19. The van der Waals surface area contributed by atoms with E-state index in [9.17, 15) is 10.2 Å². The largest absolute Gasteiger partial charge is 0.508 e. The summed E-state index contributed by atoms with van der Waals surface area (Å²) >= 11 is 5.93. The Labute approximate surface area is 117 Å². The molecule has 0 radical (unpaired) electrons. The van der Waals surface area contributed by atoms with Crippen LogP contribution in [-0.2, 0) is 0 Å². The molecule has 0 aliphatic rings. The predicted molar refractivity (Wildman–Crippen MR) is 74.9 cm³/mol. The first-order valence-corrected chi connectivity index (χ1v) is 6.35. The molecular formula is C15H15ClO3. The maximum atomic E-state index is 9.43. The van der Waals surface area contributed by atoms with Crippen LogP contribution >= 0.6 is 11.6 Å². The normalized spacial score (nSPS) is 12.1. The lowest BCUT2D eigenvalue weighted by molar-refractivity contribution is 0.205. The van der Waals surface area contributed by atoms with E-state index in [-0.39, 0.29) is 18.3 Å². The summed E-state index contributed by atoms with van der Waals surface area (Å²) in [6, 6.07) is 13.9. The minimum absolute atomic E-state index is 0.0155. The number of phenols is 1. The Kier molecular flexibility index (Phi) is 4.66. The lowest BCUT2D eigenvalue weighted by Gasteiger charge is -2.16. The summed E-state index contributed by atoms with van der Waals surface area (Å²) in [5.41, 5.74) is 0.939. The minimum Gasteiger partial charge on any atom is -0.508 e. The van der Waals surface area contributed by atoms with Gasteiger partial charge in [0.05, 0.1) is 13.2 Å². The third kappa shape index (κ3) is 3.88. The van der Waals surface area contributed by atoms with Crippen LogP contribution in [0, 0.1) is 0 Å². The number of hydrogen-bond donors (Lipinski definition) is 2. The Morgan fingerprint density at radius 1 is 1.11 bits per heavy atom. The van der Waals surface area contributed by atoms with Crippen LogP contribution in [0.15, 0.2) is 48.5 Å². The first-order valence-electron chi connectivity index (χ1n) is 5.97. The van der Waals surface area contributed by atoms with Crippen molar-refractivity contribution in [3.8, 4) is 11.5 Å². The van der Waals surface area contributed by atoms with Crippen LogP contribution in [0.1, 0.15) is 11.5 Å². The third-order valence-electron chi connectivity index (χ3n) is 2.83. The van der Waals surface area contributed by atoms with E-state index in [4.69, 9.17) is 16.3 Å². The second-order valence-electron chi connectivity index (χ2n) is 4.24. The van der Waals surface area contributed by atoms with E-state index in [1.165, 1.54) is 0 Å². The maximum Gasteiger partial charge on any atom is 0.119 e. The third-order valence-corrected chi connectivity index (χ3v) is 3.06. The summed E-state index contributed by atoms with van der Waals surface area (Å²) < 4.78 is 5.59. The number of phenolic OH excluding ortho intramolecular Hbond substituents is 1. The van der Waals surface area contributed by atoms with Crippen LogP contribution in [0.25, 0.3) is 0 Å². The van der Waals surface area contributed by atoms with Crippen LogP contribution in [0.5, 0.6) is 11.5 Å². The van der Waals surface area contributed by atoms with Crippen molar-refractivity contribution in [1.82, 2.24) is 0 Å². The van der Waals surface area contributed by atoms with Crippen LogP contribution in [0.2, 0.25) is 5.02 Å². The van der Waals surface area contributed by atoms with Gasteiger partial charge in [0.1, 0.15) is 11.5 Å². The van der Waals surface area contributed by atoms with Gasteiger partial charge in [-0.1, -0.05) is 23.7 Å². The summed E-state index contributed by atoms with van der Waals surface area (Å²) in [4.78, 5) is 0. The fraction of sp³-hybridized carbons (Fsp3) is 0.200. The smallest absolute Gasteiger partial charge is 0.119 e. The Balaban J connectivity index is 2.01. The van der Waals surface area contributed by atoms with Crippen molar-refractivity contribution in [2.24, 2.45) is 0 Å². The second kappa shape index (κ2) is 6.45. The number of halogens is 1. The molecule has 19 heavy (non-hydrogen) atoms. The van der Waals surface area contributed by atoms with E-state index in [0.29, 0.717) is 17.4 Å². The SMILES string of the molecule is OCC(COc1ccc(O)cc1)c1cccc(Cl)c1. The number of hydrogen-bond acceptors (Lipinski definition) is 3. The molecule has 1 unspecified atom stereocenters. The molecule has 0 spiro atoms. The molecule has 1 atom stereocenters. The highest BCUT2D eigenvalue weighted by Crippen LogP contribution is 2.22. The zero-order chi connectivity index (χ0) is 13.7. The lowest BCUT2D eigenvalue weighted by Crippen LogP contribution is -2.14. The topological polar surface area (TPSA) is 49.7 Å². The molecule has 2 aromatic carbocycles. The molecular weight excluding hydrogens is 264 g/mol. The molecule has 100 valence electrons. The average molecular weight is 279 g/mol. The van der Waals surface area contributed by atoms with E-state index >= 15 is 0 Å². The fourth-order valence-corrected chi connectivity index (χ4v) is 1.95. The zero-order valence-electron chi connectivity index (χ0n) is 10.3. The number of aromatic hydroxyl groups is 1. The van der Waals surface area contributed by atoms with Crippen molar-refractivity contribution in [3.05, 3.63) is 59.1 Å². The van der Waals surface area contributed by atoms with Gasteiger partial charge >= 0.3 is 0 Å². The molecule has 0 fully saturated rings. The quantitative estimate of drug-likeness (QED) is 0.883. The van der Waals surface area contributed by atoms with E-state index in [0.717, 1.165) is 5.56 Å². The van der Waals surface area contributed by atoms with Crippen molar-refractivity contribution in [2.45, 2.75) is 5.92 Å². The van der Waals surface area contributed by atoms with Crippen LogP contribution < -0.4 is 4.74 Å². The van der Waals surface area contributed by atoms with Crippen molar-refractivity contribution < 1.29 is 14.9 Å². The highest BCUT2D eigenvalue weighted by molar-refractivity contribution is 6.30. The zero-order valence-corrected chi connectivity index (χ0v) is 11.0. The van der Waals surface area contributed by atoms with Crippen molar-refractivity contribution >= 4 is 11.6 Å². The fourth-order valence-electron chi connectivity index (χ4n) is 1.75. The van der Waals surface area contributed by atoms with Crippen molar-refractivity contribution in [3.63, 3.8) is 0 Å². The van der Waals surface area contributed by atoms with Crippen LogP contribution in [-0.4, -0.2) is 23.4 Å². The summed E-state index contributed by atoms with van der Waals surface area (Å²) in [7, 11) is 0. The summed E-state index contributed by atoms with van der Waals surface area (Å²) in [5.74, 6) is 0.715. The van der Waals surface area contributed by atoms with Gasteiger partial charge in [-0.3, -0.25) is 0 Å². The highest BCUT2D eigenvalue weighted by Gasteiger charge is 2.12. The van der Waals surface area contributed by atoms with Crippen LogP contribution in [0.4, 0.5) is 0 Å². The number of benzene rings is 2. The standard InChI is InChI=1S/C15H15ClO3/c16-13-3-1-2-11(8-13)12(9-17)10-19-15-6-4-14(18)5-7-15/h1-8,12,17-18H,9-10H2. The molecule has 3 nitrogen and oxygen atoms in total. The number of ether oxygens (including phenoxy) is 1. The molecule has 2 N–H and O–H groups in total. The minimum atomic E-state index is -0.132. The Morgan fingerprint density at radius 3 is 2.47 bits per heavy atom. The van der Waals surface area contributed by atoms with Gasteiger partial charge in [0.25, 0.3) is 0 Å². The van der Waals surface area contributed by atoms with Gasteiger partial charge in [0.15, 0.2) is 0 Å². The molecule has 0 heterocycles. The molecule has 2 aromatic rings. The summed E-state index contributed by atoms with van der Waals surface area (Å²) in [6.45, 7) is 0.333. The van der Waals surface area contributed by atoms with Crippen molar-refractivity contribution in [2.75, 3.05) is 13.2 Å². The molecule has 0 saturated carbocycles. The Morgan fingerprint density at radius 2 is 1.84 bits per heavy atom. The van der Waals surface area contributed by atoms with Crippen LogP contribution in [0.3, 0.4) is 0 Å². The van der Waals surface area contributed by atoms with Gasteiger partial charge < -0.3 is 14.9 Å². The number of rotatable bonds is 5. The van der Waals surface area contributed by atoms with E-state index < -0.39 is 0 Å². The second-order valence-corrected chi connectivity index (χ2v) is 4.68. The average Bonchev–Trinajstić information content (AvgIpc) is 2.42. The first kappa shape index (κ1) is 13.7. The lowest BCUT2D eigenvalue weighted by atomic mass is 10.0. The molecule has 0 saturated heterocycles. The van der Waals surface area contributed by atoms with Gasteiger partial charge in [0, 0.05) is 10.9 Å². The molecule has 0 aliphatic heterocycles. The molecule has 0 bridgehead atoms. The Hall–Kier alpha value is -1.71. The van der Waals surface area contributed by atoms with Gasteiger partial charge in [-0.2, -0.15) is 0 Å². The number of aliphatic hydroxyl groups excluding tert-OH is 1. The van der Waals surface area contributed by atoms with E-state index in [1.54, 1.807) is 30.3 Å². The molecule has 0 aromatic heterocycles.